The fraction of sp³-hybridized carbons (Fsp3) is 0.294. The third-order valence-corrected chi connectivity index (χ3v) is 3.93. The molecule has 0 radical (unpaired) electrons. The van der Waals surface area contributed by atoms with E-state index in [0.717, 1.165) is 22.2 Å². The minimum Gasteiger partial charge on any atom is -0.468 e. The number of aromatic nitrogens is 1. The van der Waals surface area contributed by atoms with Gasteiger partial charge in [-0.2, -0.15) is 0 Å². The van der Waals surface area contributed by atoms with Crippen LogP contribution in [0.1, 0.15) is 17.4 Å². The number of hydrogen-bond acceptors (Lipinski definition) is 5. The molecule has 6 nitrogen and oxygen atoms in total. The van der Waals surface area contributed by atoms with Gasteiger partial charge in [-0.15, -0.1) is 0 Å². The number of furan rings is 1. The van der Waals surface area contributed by atoms with Crippen LogP contribution in [0.25, 0.3) is 10.9 Å². The molecule has 0 aliphatic rings. The summed E-state index contributed by atoms with van der Waals surface area (Å²) in [5.74, 6) is 0.784. The number of nitrogens with two attached hydrogens (primary N) is 2. The Balaban J connectivity index is 1.76. The Morgan fingerprint density at radius 1 is 1.22 bits per heavy atom. The van der Waals surface area contributed by atoms with Crippen LogP contribution in [-0.4, -0.2) is 22.4 Å². The molecule has 23 heavy (non-hydrogen) atoms. The highest BCUT2D eigenvalue weighted by Crippen LogP contribution is 2.25. The zero-order chi connectivity index (χ0) is 16.2. The number of benzene rings is 1. The smallest absolute Gasteiger partial charge is 0.123 e. The summed E-state index contributed by atoms with van der Waals surface area (Å²) in [4.78, 5) is 0. The van der Waals surface area contributed by atoms with Crippen molar-refractivity contribution in [2.45, 2.75) is 25.4 Å². The van der Waals surface area contributed by atoms with E-state index in [1.54, 1.807) is 6.26 Å². The van der Waals surface area contributed by atoms with E-state index in [-0.39, 0.29) is 6.04 Å². The van der Waals surface area contributed by atoms with E-state index in [1.807, 2.05) is 47.2 Å². The quantitative estimate of drug-likeness (QED) is 0.492. The maximum absolute atomic E-state index is 10.2. The van der Waals surface area contributed by atoms with Gasteiger partial charge in [-0.05, 0) is 23.8 Å². The summed E-state index contributed by atoms with van der Waals surface area (Å²) in [5.41, 5.74) is 13.8. The standard InChI is InChI=1S/C17H22N4O2/c18-8-15(19)14-10-21(16-6-2-1-5-13(14)16)11-17(22)20-9-12-4-3-7-23-12/h1-7,10,15,17,20,22H,8-9,11,18-19H2. The van der Waals surface area contributed by atoms with Gasteiger partial charge in [0.15, 0.2) is 0 Å². The molecule has 0 saturated heterocycles. The molecule has 0 amide bonds. The van der Waals surface area contributed by atoms with E-state index >= 15 is 0 Å². The average Bonchev–Trinajstić information content (AvgIpc) is 3.21. The Kier molecular flexibility index (Phi) is 4.78. The zero-order valence-corrected chi connectivity index (χ0v) is 12.9. The normalized spacial score (nSPS) is 14.2. The SMILES string of the molecule is NCC(N)c1cn(CC(O)NCc2ccco2)c2ccccc12. The van der Waals surface area contributed by atoms with Gasteiger partial charge in [0.05, 0.1) is 19.4 Å². The van der Waals surface area contributed by atoms with Gasteiger partial charge in [-0.3, -0.25) is 5.32 Å². The first kappa shape index (κ1) is 15.8. The molecular formula is C17H22N4O2. The number of para-hydroxylation sites is 1. The highest BCUT2D eigenvalue weighted by atomic mass is 16.3. The summed E-state index contributed by atoms with van der Waals surface area (Å²) < 4.78 is 7.24. The number of aliphatic hydroxyl groups excluding tert-OH is 1. The fourth-order valence-corrected chi connectivity index (χ4v) is 2.73. The van der Waals surface area contributed by atoms with E-state index in [1.165, 1.54) is 0 Å². The van der Waals surface area contributed by atoms with Crippen LogP contribution < -0.4 is 16.8 Å². The number of fused-ring (bicyclic) bond motifs is 1. The molecule has 6 N–H and O–H groups in total. The Bertz CT molecular complexity index is 751. The highest BCUT2D eigenvalue weighted by Gasteiger charge is 2.15. The van der Waals surface area contributed by atoms with Gasteiger partial charge < -0.3 is 25.6 Å². The first-order valence-corrected chi connectivity index (χ1v) is 7.66. The van der Waals surface area contributed by atoms with Crippen LogP contribution >= 0.6 is 0 Å². The monoisotopic (exact) mass is 314 g/mol. The van der Waals surface area contributed by atoms with Crippen molar-refractivity contribution in [2.24, 2.45) is 11.5 Å². The Morgan fingerprint density at radius 3 is 2.78 bits per heavy atom. The summed E-state index contributed by atoms with van der Waals surface area (Å²) in [6.07, 6.45) is 2.89. The summed E-state index contributed by atoms with van der Waals surface area (Å²) in [6, 6.07) is 11.5. The molecule has 2 atom stereocenters. The van der Waals surface area contributed by atoms with Crippen molar-refractivity contribution in [1.82, 2.24) is 9.88 Å². The second kappa shape index (κ2) is 6.97. The van der Waals surface area contributed by atoms with Crippen LogP contribution in [0.2, 0.25) is 0 Å². The summed E-state index contributed by atoms with van der Waals surface area (Å²) in [6.45, 7) is 1.27. The van der Waals surface area contributed by atoms with Gasteiger partial charge in [0.1, 0.15) is 12.0 Å². The van der Waals surface area contributed by atoms with Crippen LogP contribution in [0.3, 0.4) is 0 Å². The van der Waals surface area contributed by atoms with Gasteiger partial charge in [-0.25, -0.2) is 0 Å². The molecule has 2 unspecified atom stereocenters. The molecule has 0 aliphatic carbocycles. The maximum atomic E-state index is 10.2. The van der Waals surface area contributed by atoms with E-state index < -0.39 is 6.23 Å². The van der Waals surface area contributed by atoms with Crippen molar-refractivity contribution in [2.75, 3.05) is 6.54 Å². The van der Waals surface area contributed by atoms with Crippen LogP contribution in [-0.2, 0) is 13.1 Å². The highest BCUT2D eigenvalue weighted by molar-refractivity contribution is 5.84. The molecular weight excluding hydrogens is 292 g/mol. The zero-order valence-electron chi connectivity index (χ0n) is 12.9. The molecule has 0 spiro atoms. The molecule has 0 bridgehead atoms. The fourth-order valence-electron chi connectivity index (χ4n) is 2.73. The lowest BCUT2D eigenvalue weighted by molar-refractivity contribution is 0.115. The van der Waals surface area contributed by atoms with Crippen molar-refractivity contribution in [1.29, 1.82) is 0 Å². The molecule has 0 aliphatic heterocycles. The first-order chi connectivity index (χ1) is 11.2. The lowest BCUT2D eigenvalue weighted by Crippen LogP contribution is -2.32. The van der Waals surface area contributed by atoms with Crippen molar-refractivity contribution in [3.8, 4) is 0 Å². The molecule has 3 rings (SSSR count). The predicted octanol–water partition coefficient (Wildman–Crippen LogP) is 1.30. The molecule has 2 heterocycles. The van der Waals surface area contributed by atoms with Crippen LogP contribution in [0.4, 0.5) is 0 Å². The van der Waals surface area contributed by atoms with Crippen LogP contribution in [0.15, 0.2) is 53.3 Å². The molecule has 1 aromatic carbocycles. The first-order valence-electron chi connectivity index (χ1n) is 7.66. The molecule has 2 aromatic heterocycles. The van der Waals surface area contributed by atoms with Crippen molar-refractivity contribution in [3.63, 3.8) is 0 Å². The molecule has 6 heteroatoms. The Hall–Kier alpha value is -2.12. The topological polar surface area (TPSA) is 102 Å². The van der Waals surface area contributed by atoms with Gasteiger partial charge >= 0.3 is 0 Å². The van der Waals surface area contributed by atoms with Gasteiger partial charge in [-0.1, -0.05) is 18.2 Å². The van der Waals surface area contributed by atoms with Crippen molar-refractivity contribution in [3.05, 3.63) is 60.2 Å². The van der Waals surface area contributed by atoms with E-state index in [2.05, 4.69) is 5.32 Å². The number of rotatable bonds is 7. The van der Waals surface area contributed by atoms with Crippen LogP contribution in [0.5, 0.6) is 0 Å². The molecule has 0 saturated carbocycles. The minimum atomic E-state index is -0.696. The number of hydrogen-bond donors (Lipinski definition) is 4. The summed E-state index contributed by atoms with van der Waals surface area (Å²) in [5, 5.41) is 14.3. The lowest BCUT2D eigenvalue weighted by atomic mass is 10.1. The van der Waals surface area contributed by atoms with E-state index in [9.17, 15) is 5.11 Å². The third kappa shape index (κ3) is 3.46. The molecule has 0 fully saturated rings. The van der Waals surface area contributed by atoms with E-state index in [4.69, 9.17) is 15.9 Å². The van der Waals surface area contributed by atoms with Gasteiger partial charge in [0.2, 0.25) is 0 Å². The summed E-state index contributed by atoms with van der Waals surface area (Å²) in [7, 11) is 0. The third-order valence-electron chi connectivity index (χ3n) is 3.93. The molecule has 122 valence electrons. The second-order valence-electron chi connectivity index (χ2n) is 5.57. The van der Waals surface area contributed by atoms with Gasteiger partial charge in [0, 0.05) is 29.7 Å². The minimum absolute atomic E-state index is 0.214. The maximum Gasteiger partial charge on any atom is 0.123 e. The van der Waals surface area contributed by atoms with Gasteiger partial charge in [0.25, 0.3) is 0 Å². The Labute approximate surface area is 134 Å². The largest absolute Gasteiger partial charge is 0.468 e. The molecule has 3 aromatic rings. The van der Waals surface area contributed by atoms with Crippen LogP contribution in [0, 0.1) is 0 Å². The second-order valence-corrected chi connectivity index (χ2v) is 5.57. The number of nitrogens with zero attached hydrogens (tertiary/aromatic N) is 1. The number of nitrogens with one attached hydrogen (secondary N) is 1. The average molecular weight is 314 g/mol. The number of aliphatic hydroxyl groups is 1. The lowest BCUT2D eigenvalue weighted by Gasteiger charge is -2.14. The van der Waals surface area contributed by atoms with E-state index in [0.29, 0.717) is 19.6 Å². The predicted molar refractivity (Wildman–Crippen MR) is 89.5 cm³/mol. The Morgan fingerprint density at radius 2 is 2.04 bits per heavy atom. The summed E-state index contributed by atoms with van der Waals surface area (Å²) >= 11 is 0. The van der Waals surface area contributed by atoms with Crippen molar-refractivity contribution >= 4 is 10.9 Å². The van der Waals surface area contributed by atoms with Crippen molar-refractivity contribution < 1.29 is 9.52 Å².